The molecule has 0 spiro atoms. The topological polar surface area (TPSA) is 42.2 Å². The Morgan fingerprint density at radius 3 is 2.86 bits per heavy atom. The van der Waals surface area contributed by atoms with Gasteiger partial charge in [0.1, 0.15) is 11.5 Å². The van der Waals surface area contributed by atoms with Gasteiger partial charge in [-0.05, 0) is 26.0 Å². The van der Waals surface area contributed by atoms with Crippen LogP contribution in [0.5, 0.6) is 0 Å². The van der Waals surface area contributed by atoms with Gasteiger partial charge >= 0.3 is 0 Å². The van der Waals surface area contributed by atoms with Gasteiger partial charge in [0.05, 0.1) is 6.04 Å². The fourth-order valence-electron chi connectivity index (χ4n) is 1.16. The number of alkyl halides is 1. The molecule has 0 saturated heterocycles. The first-order valence-electron chi connectivity index (χ1n) is 4.55. The minimum absolute atomic E-state index is 0.0310. The van der Waals surface area contributed by atoms with Gasteiger partial charge in [-0.25, -0.2) is 0 Å². The van der Waals surface area contributed by atoms with Crippen LogP contribution in [0.15, 0.2) is 16.5 Å². The van der Waals surface area contributed by atoms with Crippen LogP contribution in [0.1, 0.15) is 30.9 Å². The molecule has 4 heteroatoms. The van der Waals surface area contributed by atoms with E-state index in [0.717, 1.165) is 11.5 Å². The standard InChI is InChI=1S/C10H14BrNO2/c1-7-3-4-9(14-7)8(2)12-10(13)5-6-11/h3-4,8H,5-6H2,1-2H3,(H,12,13). The van der Waals surface area contributed by atoms with Crippen molar-refractivity contribution >= 4 is 21.8 Å². The highest BCUT2D eigenvalue weighted by atomic mass is 79.9. The average Bonchev–Trinajstić information content (AvgIpc) is 2.52. The number of aryl methyl sites for hydroxylation is 1. The molecule has 1 unspecified atom stereocenters. The van der Waals surface area contributed by atoms with Crippen molar-refractivity contribution in [1.29, 1.82) is 0 Å². The molecule has 1 atom stereocenters. The average molecular weight is 260 g/mol. The van der Waals surface area contributed by atoms with E-state index in [0.29, 0.717) is 11.8 Å². The van der Waals surface area contributed by atoms with E-state index in [1.807, 2.05) is 26.0 Å². The SMILES string of the molecule is Cc1ccc(C(C)NC(=O)CCBr)o1. The molecule has 0 aliphatic rings. The zero-order chi connectivity index (χ0) is 10.6. The smallest absolute Gasteiger partial charge is 0.221 e. The van der Waals surface area contributed by atoms with Crippen molar-refractivity contribution in [3.63, 3.8) is 0 Å². The Morgan fingerprint density at radius 1 is 1.64 bits per heavy atom. The van der Waals surface area contributed by atoms with Crippen molar-refractivity contribution in [1.82, 2.24) is 5.32 Å². The maximum atomic E-state index is 11.3. The van der Waals surface area contributed by atoms with E-state index in [2.05, 4.69) is 21.2 Å². The molecule has 78 valence electrons. The first kappa shape index (κ1) is 11.3. The van der Waals surface area contributed by atoms with Crippen molar-refractivity contribution in [3.05, 3.63) is 23.7 Å². The number of rotatable bonds is 4. The number of amides is 1. The number of carbonyl (C=O) groups excluding carboxylic acids is 1. The molecule has 0 saturated carbocycles. The molecular formula is C10H14BrNO2. The zero-order valence-electron chi connectivity index (χ0n) is 8.34. The summed E-state index contributed by atoms with van der Waals surface area (Å²) >= 11 is 3.22. The minimum atomic E-state index is -0.0600. The van der Waals surface area contributed by atoms with Crippen LogP contribution in [0.25, 0.3) is 0 Å². The van der Waals surface area contributed by atoms with E-state index in [1.54, 1.807) is 0 Å². The molecule has 0 bridgehead atoms. The Hall–Kier alpha value is -0.770. The van der Waals surface area contributed by atoms with Crippen LogP contribution in [0, 0.1) is 6.92 Å². The Morgan fingerprint density at radius 2 is 2.36 bits per heavy atom. The summed E-state index contributed by atoms with van der Waals surface area (Å²) in [5.41, 5.74) is 0. The summed E-state index contributed by atoms with van der Waals surface area (Å²) in [5, 5.41) is 3.53. The number of hydrogen-bond acceptors (Lipinski definition) is 2. The molecule has 0 aliphatic carbocycles. The van der Waals surface area contributed by atoms with Gasteiger partial charge in [-0.3, -0.25) is 4.79 Å². The Labute approximate surface area is 92.0 Å². The van der Waals surface area contributed by atoms with Crippen molar-refractivity contribution in [2.45, 2.75) is 26.3 Å². The van der Waals surface area contributed by atoms with Crippen LogP contribution >= 0.6 is 15.9 Å². The molecular weight excluding hydrogens is 246 g/mol. The molecule has 1 aromatic heterocycles. The highest BCUT2D eigenvalue weighted by molar-refractivity contribution is 9.09. The predicted octanol–water partition coefficient (Wildman–Crippen LogP) is 2.55. The Kier molecular flexibility index (Phi) is 4.20. The van der Waals surface area contributed by atoms with Gasteiger partial charge in [0.25, 0.3) is 0 Å². The van der Waals surface area contributed by atoms with Crippen molar-refractivity contribution in [2.75, 3.05) is 5.33 Å². The van der Waals surface area contributed by atoms with E-state index in [4.69, 9.17) is 4.42 Å². The molecule has 0 fully saturated rings. The lowest BCUT2D eigenvalue weighted by Gasteiger charge is -2.10. The van der Waals surface area contributed by atoms with Crippen LogP contribution in [0.2, 0.25) is 0 Å². The lowest BCUT2D eigenvalue weighted by Crippen LogP contribution is -2.26. The molecule has 0 radical (unpaired) electrons. The molecule has 1 heterocycles. The van der Waals surface area contributed by atoms with Crippen molar-refractivity contribution < 1.29 is 9.21 Å². The first-order valence-corrected chi connectivity index (χ1v) is 5.67. The summed E-state index contributed by atoms with van der Waals surface area (Å²) in [4.78, 5) is 11.3. The second-order valence-electron chi connectivity index (χ2n) is 3.18. The highest BCUT2D eigenvalue weighted by Gasteiger charge is 2.11. The summed E-state index contributed by atoms with van der Waals surface area (Å²) in [6, 6.07) is 3.71. The van der Waals surface area contributed by atoms with Crippen LogP contribution in [-0.2, 0) is 4.79 Å². The minimum Gasteiger partial charge on any atom is -0.464 e. The number of halogens is 1. The predicted molar refractivity (Wildman–Crippen MR) is 58.4 cm³/mol. The van der Waals surface area contributed by atoms with E-state index < -0.39 is 0 Å². The molecule has 14 heavy (non-hydrogen) atoms. The van der Waals surface area contributed by atoms with Crippen LogP contribution in [0.4, 0.5) is 0 Å². The molecule has 1 aromatic rings. The van der Waals surface area contributed by atoms with Gasteiger partial charge in [-0.2, -0.15) is 0 Å². The van der Waals surface area contributed by atoms with Crippen molar-refractivity contribution in [2.24, 2.45) is 0 Å². The monoisotopic (exact) mass is 259 g/mol. The normalized spacial score (nSPS) is 12.5. The van der Waals surface area contributed by atoms with E-state index in [-0.39, 0.29) is 11.9 Å². The third-order valence-electron chi connectivity index (χ3n) is 1.89. The summed E-state index contributed by atoms with van der Waals surface area (Å²) in [6.45, 7) is 3.79. The number of nitrogens with one attached hydrogen (secondary N) is 1. The van der Waals surface area contributed by atoms with Gasteiger partial charge in [0.15, 0.2) is 0 Å². The lowest BCUT2D eigenvalue weighted by molar-refractivity contribution is -0.121. The fourth-order valence-corrected chi connectivity index (χ4v) is 1.52. The summed E-state index contributed by atoms with van der Waals surface area (Å²) in [5.74, 6) is 1.69. The van der Waals surface area contributed by atoms with Crippen LogP contribution in [0.3, 0.4) is 0 Å². The number of hydrogen-bond donors (Lipinski definition) is 1. The molecule has 0 aliphatic heterocycles. The van der Waals surface area contributed by atoms with Gasteiger partial charge in [0, 0.05) is 11.8 Å². The first-order chi connectivity index (χ1) is 6.63. The lowest BCUT2D eigenvalue weighted by atomic mass is 10.2. The maximum Gasteiger partial charge on any atom is 0.221 e. The highest BCUT2D eigenvalue weighted by Crippen LogP contribution is 2.15. The summed E-state index contributed by atoms with van der Waals surface area (Å²) in [7, 11) is 0. The fraction of sp³-hybridized carbons (Fsp3) is 0.500. The quantitative estimate of drug-likeness (QED) is 0.845. The van der Waals surface area contributed by atoms with Gasteiger partial charge in [-0.1, -0.05) is 15.9 Å². The second kappa shape index (κ2) is 5.20. The Bertz CT molecular complexity index is 309. The Balaban J connectivity index is 2.50. The third kappa shape index (κ3) is 3.18. The van der Waals surface area contributed by atoms with Crippen molar-refractivity contribution in [3.8, 4) is 0 Å². The van der Waals surface area contributed by atoms with Crippen LogP contribution < -0.4 is 5.32 Å². The maximum absolute atomic E-state index is 11.3. The van der Waals surface area contributed by atoms with E-state index >= 15 is 0 Å². The molecule has 3 nitrogen and oxygen atoms in total. The van der Waals surface area contributed by atoms with Gasteiger partial charge < -0.3 is 9.73 Å². The molecule has 1 rings (SSSR count). The molecule has 1 amide bonds. The zero-order valence-corrected chi connectivity index (χ0v) is 9.93. The summed E-state index contributed by atoms with van der Waals surface area (Å²) in [6.07, 6.45) is 0.490. The third-order valence-corrected chi connectivity index (χ3v) is 2.28. The number of carbonyl (C=O) groups is 1. The molecule has 0 aromatic carbocycles. The van der Waals surface area contributed by atoms with Gasteiger partial charge in [-0.15, -0.1) is 0 Å². The van der Waals surface area contributed by atoms with Gasteiger partial charge in [0.2, 0.25) is 5.91 Å². The van der Waals surface area contributed by atoms with Crippen LogP contribution in [-0.4, -0.2) is 11.2 Å². The second-order valence-corrected chi connectivity index (χ2v) is 3.97. The van der Waals surface area contributed by atoms with E-state index in [9.17, 15) is 4.79 Å². The largest absolute Gasteiger partial charge is 0.464 e. The van der Waals surface area contributed by atoms with E-state index in [1.165, 1.54) is 0 Å². The summed E-state index contributed by atoms with van der Waals surface area (Å²) < 4.78 is 5.40. The number of furan rings is 1. The molecule has 1 N–H and O–H groups in total.